The van der Waals surface area contributed by atoms with Crippen molar-refractivity contribution in [1.29, 1.82) is 0 Å². The Morgan fingerprint density at radius 2 is 1.04 bits per heavy atom. The summed E-state index contributed by atoms with van der Waals surface area (Å²) in [6.45, 7) is 0. The first-order chi connectivity index (χ1) is 26.2. The molecule has 0 N–H and O–H groups in total. The maximum atomic E-state index is 6.22. The van der Waals surface area contributed by atoms with Crippen molar-refractivity contribution in [1.82, 2.24) is 0 Å². The van der Waals surface area contributed by atoms with Crippen molar-refractivity contribution in [3.63, 3.8) is 0 Å². The molecule has 9 aromatic carbocycles. The molecule has 53 heavy (non-hydrogen) atoms. The average Bonchev–Trinajstić information content (AvgIpc) is 3.79. The van der Waals surface area contributed by atoms with Gasteiger partial charge in [0.15, 0.2) is 0 Å². The summed E-state index contributed by atoms with van der Waals surface area (Å²) >= 11 is 1.86. The minimum Gasteiger partial charge on any atom is -0.456 e. The normalized spacial score (nSPS) is 11.8. The lowest BCUT2D eigenvalue weighted by Gasteiger charge is -2.28. The molecule has 0 aliphatic heterocycles. The van der Waals surface area contributed by atoms with E-state index in [2.05, 4.69) is 181 Å². The molecule has 0 saturated heterocycles. The summed E-state index contributed by atoms with van der Waals surface area (Å²) in [4.78, 5) is 2.42. The van der Waals surface area contributed by atoms with E-state index in [1.54, 1.807) is 0 Å². The predicted octanol–water partition coefficient (Wildman–Crippen LogP) is 15.1. The zero-order valence-corrected chi connectivity index (χ0v) is 29.5. The van der Waals surface area contributed by atoms with Gasteiger partial charge in [-0.3, -0.25) is 0 Å². The molecule has 11 aromatic rings. The Morgan fingerprint density at radius 1 is 0.377 bits per heavy atom. The fourth-order valence-corrected chi connectivity index (χ4v) is 9.22. The first-order valence-corrected chi connectivity index (χ1v) is 18.8. The van der Waals surface area contributed by atoms with Crippen LogP contribution >= 0.6 is 11.3 Å². The predicted molar refractivity (Wildman–Crippen MR) is 227 cm³/mol. The molecule has 0 aliphatic rings. The Balaban J connectivity index is 1.05. The standard InChI is InChI=1S/C50H31NOS/c1-2-10-32(11-3-1)40-12-4-7-15-45(40)51(39-25-26-42-41-13-6-9-17-48(41)53-49(42)31-39)38-24-22-35-28-34(20-21-36(35)29-38)37-19-18-33-23-27-47-50(44(33)30-37)43-14-5-8-16-46(43)52-47/h1-31H. The second-order valence-corrected chi connectivity index (χ2v) is 14.8. The van der Waals surface area contributed by atoms with Crippen LogP contribution in [0.5, 0.6) is 0 Å². The number of benzene rings is 9. The van der Waals surface area contributed by atoms with Crippen molar-refractivity contribution in [2.75, 3.05) is 4.90 Å². The number of rotatable bonds is 5. The third-order valence-corrected chi connectivity index (χ3v) is 11.8. The number of furan rings is 1. The van der Waals surface area contributed by atoms with Crippen LogP contribution in [-0.4, -0.2) is 0 Å². The van der Waals surface area contributed by atoms with Gasteiger partial charge in [-0.25, -0.2) is 0 Å². The molecule has 0 amide bonds. The second kappa shape index (κ2) is 11.9. The van der Waals surface area contributed by atoms with Gasteiger partial charge in [0.05, 0.1) is 5.69 Å². The van der Waals surface area contributed by atoms with E-state index in [1.807, 2.05) is 23.5 Å². The summed E-state index contributed by atoms with van der Waals surface area (Å²) in [5.41, 5.74) is 10.0. The lowest BCUT2D eigenvalue weighted by atomic mass is 9.96. The summed E-state index contributed by atoms with van der Waals surface area (Å²) in [6.07, 6.45) is 0. The average molecular weight is 694 g/mol. The van der Waals surface area contributed by atoms with Gasteiger partial charge >= 0.3 is 0 Å². The van der Waals surface area contributed by atoms with Gasteiger partial charge in [-0.05, 0) is 98.9 Å². The van der Waals surface area contributed by atoms with E-state index in [9.17, 15) is 0 Å². The van der Waals surface area contributed by atoms with Crippen molar-refractivity contribution in [3.05, 3.63) is 188 Å². The fourth-order valence-electron chi connectivity index (χ4n) is 8.09. The molecule has 0 spiro atoms. The number of hydrogen-bond donors (Lipinski definition) is 0. The molecule has 0 unspecified atom stereocenters. The van der Waals surface area contributed by atoms with Crippen molar-refractivity contribution in [3.8, 4) is 22.3 Å². The molecule has 2 nitrogen and oxygen atoms in total. The molecule has 11 rings (SSSR count). The minimum absolute atomic E-state index is 0.922. The van der Waals surface area contributed by atoms with Gasteiger partial charge in [-0.1, -0.05) is 127 Å². The van der Waals surface area contributed by atoms with E-state index in [0.29, 0.717) is 0 Å². The molecule has 0 aliphatic carbocycles. The second-order valence-electron chi connectivity index (χ2n) is 13.7. The van der Waals surface area contributed by atoms with Crippen molar-refractivity contribution in [2.45, 2.75) is 0 Å². The quantitative estimate of drug-likeness (QED) is 0.178. The third kappa shape index (κ3) is 4.93. The Morgan fingerprint density at radius 3 is 1.96 bits per heavy atom. The largest absolute Gasteiger partial charge is 0.456 e. The number of thiophene rings is 1. The molecule has 0 bridgehead atoms. The van der Waals surface area contributed by atoms with Gasteiger partial charge < -0.3 is 9.32 Å². The van der Waals surface area contributed by atoms with Crippen LogP contribution in [0.1, 0.15) is 0 Å². The molecule has 248 valence electrons. The zero-order chi connectivity index (χ0) is 34.9. The Kier molecular flexibility index (Phi) is 6.76. The zero-order valence-electron chi connectivity index (χ0n) is 28.7. The topological polar surface area (TPSA) is 16.4 Å². The van der Waals surface area contributed by atoms with Crippen LogP contribution in [-0.2, 0) is 0 Å². The number of fused-ring (bicyclic) bond motifs is 9. The number of nitrogens with zero attached hydrogens (tertiary/aromatic N) is 1. The molecule has 3 heteroatoms. The van der Waals surface area contributed by atoms with Gasteiger partial charge in [0, 0.05) is 47.9 Å². The third-order valence-electron chi connectivity index (χ3n) is 10.6. The summed E-state index contributed by atoms with van der Waals surface area (Å²) in [7, 11) is 0. The highest BCUT2D eigenvalue weighted by Gasteiger charge is 2.19. The lowest BCUT2D eigenvalue weighted by Crippen LogP contribution is -2.11. The molecule has 2 aromatic heterocycles. The molecular formula is C50H31NOS. The van der Waals surface area contributed by atoms with E-state index in [-0.39, 0.29) is 0 Å². The molecule has 0 radical (unpaired) electrons. The van der Waals surface area contributed by atoms with Crippen molar-refractivity contribution >= 4 is 92.1 Å². The van der Waals surface area contributed by atoms with Crippen LogP contribution in [0, 0.1) is 0 Å². The minimum atomic E-state index is 0.922. The Labute approximate surface area is 310 Å². The van der Waals surface area contributed by atoms with E-state index < -0.39 is 0 Å². The van der Waals surface area contributed by atoms with Gasteiger partial charge in [0.25, 0.3) is 0 Å². The maximum Gasteiger partial charge on any atom is 0.136 e. The summed E-state index contributed by atoms with van der Waals surface area (Å²) in [6, 6.07) is 68.1. The van der Waals surface area contributed by atoms with E-state index in [4.69, 9.17) is 4.42 Å². The van der Waals surface area contributed by atoms with Gasteiger partial charge in [0.1, 0.15) is 11.2 Å². The molecule has 0 fully saturated rings. The highest BCUT2D eigenvalue weighted by molar-refractivity contribution is 7.25. The molecule has 0 atom stereocenters. The van der Waals surface area contributed by atoms with Crippen LogP contribution in [0.3, 0.4) is 0 Å². The van der Waals surface area contributed by atoms with Crippen LogP contribution in [0.2, 0.25) is 0 Å². The first kappa shape index (κ1) is 30.0. The van der Waals surface area contributed by atoms with E-state index >= 15 is 0 Å². The highest BCUT2D eigenvalue weighted by Crippen LogP contribution is 2.45. The summed E-state index contributed by atoms with van der Waals surface area (Å²) < 4.78 is 8.82. The smallest absolute Gasteiger partial charge is 0.136 e. The SMILES string of the molecule is c1ccc(-c2ccccc2N(c2ccc3cc(-c4ccc5ccc6oc7ccccc7c6c5c4)ccc3c2)c2ccc3c(c2)sc2ccccc23)cc1. The van der Waals surface area contributed by atoms with Crippen molar-refractivity contribution in [2.24, 2.45) is 0 Å². The highest BCUT2D eigenvalue weighted by atomic mass is 32.1. The molecule has 0 saturated carbocycles. The Hall–Kier alpha value is -6.68. The monoisotopic (exact) mass is 693 g/mol. The maximum absolute atomic E-state index is 6.22. The molecule has 2 heterocycles. The number of hydrogen-bond acceptors (Lipinski definition) is 3. The fraction of sp³-hybridized carbons (Fsp3) is 0. The summed E-state index contributed by atoms with van der Waals surface area (Å²) in [5.74, 6) is 0. The van der Waals surface area contributed by atoms with E-state index in [1.165, 1.54) is 69.4 Å². The van der Waals surface area contributed by atoms with Crippen LogP contribution < -0.4 is 4.90 Å². The van der Waals surface area contributed by atoms with Crippen LogP contribution in [0.25, 0.3) is 85.9 Å². The van der Waals surface area contributed by atoms with Gasteiger partial charge in [-0.2, -0.15) is 0 Å². The van der Waals surface area contributed by atoms with Gasteiger partial charge in [-0.15, -0.1) is 11.3 Å². The van der Waals surface area contributed by atoms with Crippen molar-refractivity contribution < 1.29 is 4.42 Å². The number of para-hydroxylation sites is 2. The Bertz CT molecular complexity index is 3190. The first-order valence-electron chi connectivity index (χ1n) is 18.0. The van der Waals surface area contributed by atoms with E-state index in [0.717, 1.165) is 33.6 Å². The molecular weight excluding hydrogens is 663 g/mol. The van der Waals surface area contributed by atoms with Gasteiger partial charge in [0.2, 0.25) is 0 Å². The lowest BCUT2D eigenvalue weighted by molar-refractivity contribution is 0.669. The van der Waals surface area contributed by atoms with Crippen LogP contribution in [0.15, 0.2) is 192 Å². The number of anilines is 3. The van der Waals surface area contributed by atoms with Crippen LogP contribution in [0.4, 0.5) is 17.1 Å². The summed E-state index contributed by atoms with van der Waals surface area (Å²) in [5, 5.41) is 9.76.